The largest absolute Gasteiger partial charge is 0.490 e. The fourth-order valence-corrected chi connectivity index (χ4v) is 2.87. The van der Waals surface area contributed by atoms with Crippen molar-refractivity contribution in [2.24, 2.45) is 0 Å². The maximum atomic E-state index is 11.4. The quantitative estimate of drug-likeness (QED) is 0.812. The first kappa shape index (κ1) is 14.6. The highest BCUT2D eigenvalue weighted by Gasteiger charge is 2.20. The standard InChI is InChI=1S/C19H20O3/c1-21-19(20)13-15-7-10-18-16(11-15)8-9-17(22-18)12-14-5-3-2-4-6-14/h2-7,10-11,17H,8-9,12-13H2,1H3. The third-order valence-electron chi connectivity index (χ3n) is 4.04. The number of ether oxygens (including phenoxy) is 2. The third-order valence-corrected chi connectivity index (χ3v) is 4.04. The number of benzene rings is 2. The van der Waals surface area contributed by atoms with Gasteiger partial charge in [-0.25, -0.2) is 0 Å². The molecule has 0 N–H and O–H groups in total. The van der Waals surface area contributed by atoms with E-state index < -0.39 is 0 Å². The van der Waals surface area contributed by atoms with Crippen LogP contribution in [0.4, 0.5) is 0 Å². The average Bonchev–Trinajstić information content (AvgIpc) is 2.56. The Hall–Kier alpha value is -2.29. The van der Waals surface area contributed by atoms with Crippen molar-refractivity contribution in [2.75, 3.05) is 7.11 Å². The van der Waals surface area contributed by atoms with Gasteiger partial charge in [-0.05, 0) is 35.6 Å². The topological polar surface area (TPSA) is 35.5 Å². The summed E-state index contributed by atoms with van der Waals surface area (Å²) in [5.41, 5.74) is 3.47. The molecule has 114 valence electrons. The molecular weight excluding hydrogens is 276 g/mol. The van der Waals surface area contributed by atoms with Gasteiger partial charge in [0.05, 0.1) is 13.5 Å². The third kappa shape index (κ3) is 3.48. The van der Waals surface area contributed by atoms with E-state index >= 15 is 0 Å². The number of aryl methyl sites for hydroxylation is 1. The van der Waals surface area contributed by atoms with E-state index in [4.69, 9.17) is 9.47 Å². The number of rotatable bonds is 4. The number of fused-ring (bicyclic) bond motifs is 1. The molecule has 1 aliphatic rings. The van der Waals surface area contributed by atoms with Crippen molar-refractivity contribution in [1.29, 1.82) is 0 Å². The highest BCUT2D eigenvalue weighted by atomic mass is 16.5. The second-order valence-corrected chi connectivity index (χ2v) is 5.66. The van der Waals surface area contributed by atoms with Gasteiger partial charge in [-0.2, -0.15) is 0 Å². The molecule has 2 aromatic rings. The molecule has 22 heavy (non-hydrogen) atoms. The molecular formula is C19H20O3. The molecule has 0 aromatic heterocycles. The van der Waals surface area contributed by atoms with Crippen LogP contribution in [0.1, 0.15) is 23.1 Å². The average molecular weight is 296 g/mol. The summed E-state index contributed by atoms with van der Waals surface area (Å²) >= 11 is 0. The van der Waals surface area contributed by atoms with Crippen molar-refractivity contribution in [1.82, 2.24) is 0 Å². The molecule has 2 aromatic carbocycles. The fourth-order valence-electron chi connectivity index (χ4n) is 2.87. The van der Waals surface area contributed by atoms with E-state index in [1.54, 1.807) is 0 Å². The van der Waals surface area contributed by atoms with E-state index in [0.29, 0.717) is 6.42 Å². The predicted molar refractivity (Wildman–Crippen MR) is 85.0 cm³/mol. The Balaban J connectivity index is 1.67. The normalized spacial score (nSPS) is 16.5. The summed E-state index contributed by atoms with van der Waals surface area (Å²) in [7, 11) is 1.41. The van der Waals surface area contributed by atoms with Crippen molar-refractivity contribution in [2.45, 2.75) is 31.8 Å². The minimum atomic E-state index is -0.210. The van der Waals surface area contributed by atoms with Crippen molar-refractivity contribution >= 4 is 5.97 Å². The van der Waals surface area contributed by atoms with Crippen LogP contribution in [-0.4, -0.2) is 19.2 Å². The van der Waals surface area contributed by atoms with Crippen LogP contribution < -0.4 is 4.74 Å². The van der Waals surface area contributed by atoms with Crippen LogP contribution in [0.25, 0.3) is 0 Å². The molecule has 0 fully saturated rings. The van der Waals surface area contributed by atoms with Crippen LogP contribution >= 0.6 is 0 Å². The number of hydrogen-bond donors (Lipinski definition) is 0. The van der Waals surface area contributed by atoms with E-state index in [2.05, 4.69) is 30.3 Å². The van der Waals surface area contributed by atoms with Gasteiger partial charge in [0.2, 0.25) is 0 Å². The second kappa shape index (κ2) is 6.65. The summed E-state index contributed by atoms with van der Waals surface area (Å²) in [6.07, 6.45) is 3.47. The van der Waals surface area contributed by atoms with Crippen LogP contribution in [0.15, 0.2) is 48.5 Å². The Kier molecular flexibility index (Phi) is 4.42. The van der Waals surface area contributed by atoms with Crippen LogP contribution in [0, 0.1) is 0 Å². The van der Waals surface area contributed by atoms with E-state index in [1.165, 1.54) is 18.2 Å². The first-order valence-corrected chi connectivity index (χ1v) is 7.64. The molecule has 3 heteroatoms. The number of methoxy groups -OCH3 is 1. The van der Waals surface area contributed by atoms with Crippen LogP contribution in [-0.2, 0) is 28.8 Å². The molecule has 3 nitrogen and oxygen atoms in total. The first-order chi connectivity index (χ1) is 10.7. The predicted octanol–water partition coefficient (Wildman–Crippen LogP) is 3.34. The van der Waals surface area contributed by atoms with E-state index in [9.17, 15) is 4.79 Å². The van der Waals surface area contributed by atoms with Gasteiger partial charge in [-0.1, -0.05) is 42.5 Å². The zero-order valence-electron chi connectivity index (χ0n) is 12.7. The van der Waals surface area contributed by atoms with Crippen LogP contribution in [0.2, 0.25) is 0 Å². The lowest BCUT2D eigenvalue weighted by Crippen LogP contribution is -2.25. The van der Waals surface area contributed by atoms with Gasteiger partial charge in [-0.15, -0.1) is 0 Å². The number of hydrogen-bond acceptors (Lipinski definition) is 3. The van der Waals surface area contributed by atoms with Crippen molar-refractivity contribution in [3.8, 4) is 5.75 Å². The summed E-state index contributed by atoms with van der Waals surface area (Å²) in [6, 6.07) is 16.4. The molecule has 1 atom stereocenters. The maximum Gasteiger partial charge on any atom is 0.309 e. The van der Waals surface area contributed by atoms with Gasteiger partial charge < -0.3 is 9.47 Å². The SMILES string of the molecule is COC(=O)Cc1ccc2c(c1)CCC(Cc1ccccc1)O2. The molecule has 0 aliphatic carbocycles. The van der Waals surface area contributed by atoms with E-state index in [0.717, 1.165) is 30.6 Å². The zero-order valence-corrected chi connectivity index (χ0v) is 12.7. The molecule has 0 amide bonds. The van der Waals surface area contributed by atoms with Gasteiger partial charge >= 0.3 is 5.97 Å². The van der Waals surface area contributed by atoms with Crippen LogP contribution in [0.5, 0.6) is 5.75 Å². The number of esters is 1. The van der Waals surface area contributed by atoms with Crippen molar-refractivity contribution < 1.29 is 14.3 Å². The minimum absolute atomic E-state index is 0.210. The minimum Gasteiger partial charge on any atom is -0.490 e. The maximum absolute atomic E-state index is 11.4. The monoisotopic (exact) mass is 296 g/mol. The van der Waals surface area contributed by atoms with Gasteiger partial charge in [-0.3, -0.25) is 4.79 Å². The van der Waals surface area contributed by atoms with Gasteiger partial charge in [0, 0.05) is 6.42 Å². The van der Waals surface area contributed by atoms with Crippen molar-refractivity contribution in [3.63, 3.8) is 0 Å². The molecule has 0 spiro atoms. The Bertz CT molecular complexity index is 649. The Morgan fingerprint density at radius 2 is 2.00 bits per heavy atom. The molecule has 1 heterocycles. The van der Waals surface area contributed by atoms with Crippen LogP contribution in [0.3, 0.4) is 0 Å². The molecule has 3 rings (SSSR count). The molecule has 1 aliphatic heterocycles. The molecule has 1 unspecified atom stereocenters. The van der Waals surface area contributed by atoms with Gasteiger partial charge in [0.15, 0.2) is 0 Å². The van der Waals surface area contributed by atoms with E-state index in [1.807, 2.05) is 18.2 Å². The Labute approximate surface area is 130 Å². The fraction of sp³-hybridized carbons (Fsp3) is 0.316. The van der Waals surface area contributed by atoms with Gasteiger partial charge in [0.1, 0.15) is 11.9 Å². The first-order valence-electron chi connectivity index (χ1n) is 7.64. The summed E-state index contributed by atoms with van der Waals surface area (Å²) in [4.78, 5) is 11.4. The number of carbonyl (C=O) groups excluding carboxylic acids is 1. The molecule has 0 radical (unpaired) electrons. The highest BCUT2D eigenvalue weighted by molar-refractivity contribution is 5.72. The second-order valence-electron chi connectivity index (χ2n) is 5.66. The highest BCUT2D eigenvalue weighted by Crippen LogP contribution is 2.30. The van der Waals surface area contributed by atoms with E-state index in [-0.39, 0.29) is 12.1 Å². The zero-order chi connectivity index (χ0) is 15.4. The summed E-state index contributed by atoms with van der Waals surface area (Å²) in [6.45, 7) is 0. The van der Waals surface area contributed by atoms with Crippen molar-refractivity contribution in [3.05, 3.63) is 65.2 Å². The lowest BCUT2D eigenvalue weighted by Gasteiger charge is -2.26. The Morgan fingerprint density at radius 1 is 1.18 bits per heavy atom. The van der Waals surface area contributed by atoms with Gasteiger partial charge in [0.25, 0.3) is 0 Å². The Morgan fingerprint density at radius 3 is 2.77 bits per heavy atom. The number of carbonyl (C=O) groups is 1. The smallest absolute Gasteiger partial charge is 0.309 e. The summed E-state index contributed by atoms with van der Waals surface area (Å²) in [5.74, 6) is 0.736. The lowest BCUT2D eigenvalue weighted by atomic mass is 9.96. The molecule has 0 saturated carbocycles. The summed E-state index contributed by atoms with van der Waals surface area (Å²) in [5, 5.41) is 0. The molecule has 0 saturated heterocycles. The lowest BCUT2D eigenvalue weighted by molar-refractivity contribution is -0.139. The summed E-state index contributed by atoms with van der Waals surface area (Å²) < 4.78 is 10.8. The molecule has 0 bridgehead atoms.